The van der Waals surface area contributed by atoms with Crippen molar-refractivity contribution in [1.82, 2.24) is 14.7 Å². The lowest BCUT2D eigenvalue weighted by Gasteiger charge is -2.01. The van der Waals surface area contributed by atoms with Gasteiger partial charge in [-0.15, -0.1) is 0 Å². The van der Waals surface area contributed by atoms with Gasteiger partial charge in [-0.3, -0.25) is 0 Å². The minimum atomic E-state index is 0.907. The van der Waals surface area contributed by atoms with E-state index in [2.05, 4.69) is 38.9 Å². The van der Waals surface area contributed by atoms with E-state index in [1.807, 2.05) is 7.05 Å². The molecular formula is C10H11N3S2. The first-order chi connectivity index (χ1) is 7.38. The fourth-order valence-corrected chi connectivity index (χ4v) is 2.61. The van der Waals surface area contributed by atoms with E-state index in [1.54, 1.807) is 18.1 Å². The number of aromatic nitrogens is 2. The van der Waals surface area contributed by atoms with Gasteiger partial charge in [-0.25, -0.2) is 4.98 Å². The number of benzene rings is 1. The SMILES string of the molecule is CNCc1ccc(Sc2ncns2)cc1. The number of rotatable bonds is 4. The Labute approximate surface area is 97.1 Å². The van der Waals surface area contributed by atoms with Gasteiger partial charge in [0.05, 0.1) is 0 Å². The van der Waals surface area contributed by atoms with Gasteiger partial charge in [0, 0.05) is 11.4 Å². The first-order valence-corrected chi connectivity index (χ1v) is 6.15. The second kappa shape index (κ2) is 5.25. The van der Waals surface area contributed by atoms with Crippen molar-refractivity contribution in [3.63, 3.8) is 0 Å². The third kappa shape index (κ3) is 3.02. The fraction of sp³-hybridized carbons (Fsp3) is 0.200. The monoisotopic (exact) mass is 237 g/mol. The van der Waals surface area contributed by atoms with Gasteiger partial charge in [0.2, 0.25) is 0 Å². The van der Waals surface area contributed by atoms with Crippen molar-refractivity contribution in [3.05, 3.63) is 36.2 Å². The summed E-state index contributed by atoms with van der Waals surface area (Å²) in [5, 5.41) is 3.12. The van der Waals surface area contributed by atoms with Crippen LogP contribution in [-0.2, 0) is 6.54 Å². The Kier molecular flexibility index (Phi) is 3.71. The van der Waals surface area contributed by atoms with Crippen molar-refractivity contribution in [2.45, 2.75) is 15.8 Å². The highest BCUT2D eigenvalue weighted by molar-refractivity contribution is 8.01. The van der Waals surface area contributed by atoms with E-state index < -0.39 is 0 Å². The molecule has 0 saturated carbocycles. The van der Waals surface area contributed by atoms with Crippen LogP contribution in [0.5, 0.6) is 0 Å². The van der Waals surface area contributed by atoms with Gasteiger partial charge >= 0.3 is 0 Å². The zero-order valence-corrected chi connectivity index (χ0v) is 9.94. The minimum Gasteiger partial charge on any atom is -0.316 e. The lowest BCUT2D eigenvalue weighted by Crippen LogP contribution is -2.04. The van der Waals surface area contributed by atoms with Gasteiger partial charge in [0.1, 0.15) is 6.33 Å². The van der Waals surface area contributed by atoms with Crippen LogP contribution in [0.3, 0.4) is 0 Å². The molecule has 1 heterocycles. The van der Waals surface area contributed by atoms with E-state index in [0.717, 1.165) is 10.9 Å². The number of nitrogens with zero attached hydrogens (tertiary/aromatic N) is 2. The van der Waals surface area contributed by atoms with Crippen molar-refractivity contribution < 1.29 is 0 Å². The molecule has 78 valence electrons. The Morgan fingerprint density at radius 2 is 2.13 bits per heavy atom. The second-order valence-corrected chi connectivity index (χ2v) is 5.08. The molecule has 1 aromatic carbocycles. The van der Waals surface area contributed by atoms with E-state index in [1.165, 1.54) is 22.0 Å². The van der Waals surface area contributed by atoms with Gasteiger partial charge in [0.15, 0.2) is 4.34 Å². The minimum absolute atomic E-state index is 0.907. The lowest BCUT2D eigenvalue weighted by molar-refractivity contribution is 0.817. The maximum Gasteiger partial charge on any atom is 0.174 e. The van der Waals surface area contributed by atoms with Gasteiger partial charge in [-0.05, 0) is 36.3 Å². The average Bonchev–Trinajstić information content (AvgIpc) is 2.74. The van der Waals surface area contributed by atoms with Gasteiger partial charge in [-0.1, -0.05) is 23.9 Å². The smallest absolute Gasteiger partial charge is 0.174 e. The van der Waals surface area contributed by atoms with Crippen LogP contribution >= 0.6 is 23.3 Å². The van der Waals surface area contributed by atoms with Crippen molar-refractivity contribution in [1.29, 1.82) is 0 Å². The van der Waals surface area contributed by atoms with Gasteiger partial charge < -0.3 is 5.32 Å². The molecule has 0 saturated heterocycles. The predicted octanol–water partition coefficient (Wildman–Crippen LogP) is 2.41. The molecule has 0 spiro atoms. The molecule has 0 aliphatic heterocycles. The number of hydrogen-bond acceptors (Lipinski definition) is 5. The summed E-state index contributed by atoms with van der Waals surface area (Å²) in [7, 11) is 1.95. The Morgan fingerprint density at radius 3 is 2.73 bits per heavy atom. The molecular weight excluding hydrogens is 226 g/mol. The van der Waals surface area contributed by atoms with Crippen molar-refractivity contribution >= 4 is 23.3 Å². The number of hydrogen-bond donors (Lipinski definition) is 1. The summed E-state index contributed by atoms with van der Waals surface area (Å²) in [4.78, 5) is 5.33. The van der Waals surface area contributed by atoms with E-state index in [9.17, 15) is 0 Å². The van der Waals surface area contributed by atoms with Crippen LogP contribution in [0.15, 0.2) is 39.8 Å². The Balaban J connectivity index is 2.04. The average molecular weight is 237 g/mol. The molecule has 2 rings (SSSR count). The van der Waals surface area contributed by atoms with Crippen molar-refractivity contribution in [2.24, 2.45) is 0 Å². The predicted molar refractivity (Wildman–Crippen MR) is 63.2 cm³/mol. The molecule has 1 aromatic heterocycles. The zero-order valence-electron chi connectivity index (χ0n) is 8.30. The van der Waals surface area contributed by atoms with Crippen LogP contribution in [-0.4, -0.2) is 16.4 Å². The highest BCUT2D eigenvalue weighted by Crippen LogP contribution is 2.27. The summed E-state index contributed by atoms with van der Waals surface area (Å²) in [6.07, 6.45) is 1.59. The molecule has 0 amide bonds. The van der Waals surface area contributed by atoms with Crippen LogP contribution < -0.4 is 5.32 Å². The largest absolute Gasteiger partial charge is 0.316 e. The van der Waals surface area contributed by atoms with Gasteiger partial charge in [0.25, 0.3) is 0 Å². The molecule has 15 heavy (non-hydrogen) atoms. The Bertz CT molecular complexity index is 397. The standard InChI is InChI=1S/C10H11N3S2/c1-11-6-8-2-4-9(5-3-8)14-10-12-7-13-15-10/h2-5,7,11H,6H2,1H3. The summed E-state index contributed by atoms with van der Waals surface area (Å²) < 4.78 is 4.95. The molecule has 0 fully saturated rings. The molecule has 5 heteroatoms. The third-order valence-electron chi connectivity index (χ3n) is 1.85. The fourth-order valence-electron chi connectivity index (χ4n) is 1.19. The maximum atomic E-state index is 4.13. The second-order valence-electron chi connectivity index (χ2n) is 2.98. The quantitative estimate of drug-likeness (QED) is 0.886. The third-order valence-corrected chi connectivity index (χ3v) is 3.57. The Hall–Kier alpha value is -0.910. The molecule has 3 nitrogen and oxygen atoms in total. The summed E-state index contributed by atoms with van der Waals surface area (Å²) in [5.74, 6) is 0. The van der Waals surface area contributed by atoms with E-state index in [0.29, 0.717) is 0 Å². The molecule has 0 atom stereocenters. The highest BCUT2D eigenvalue weighted by Gasteiger charge is 2.00. The zero-order chi connectivity index (χ0) is 10.5. The molecule has 2 aromatic rings. The summed E-state index contributed by atoms with van der Waals surface area (Å²) in [6.45, 7) is 0.907. The molecule has 0 bridgehead atoms. The van der Waals surface area contributed by atoms with Crippen molar-refractivity contribution in [2.75, 3.05) is 7.05 Å². The maximum absolute atomic E-state index is 4.13. The van der Waals surface area contributed by atoms with E-state index in [-0.39, 0.29) is 0 Å². The first kappa shape index (κ1) is 10.6. The van der Waals surface area contributed by atoms with Crippen LogP contribution in [0, 0.1) is 0 Å². The Morgan fingerprint density at radius 1 is 1.33 bits per heavy atom. The van der Waals surface area contributed by atoms with Crippen LogP contribution in [0.4, 0.5) is 0 Å². The molecule has 1 N–H and O–H groups in total. The summed E-state index contributed by atoms with van der Waals surface area (Å²) >= 11 is 3.07. The summed E-state index contributed by atoms with van der Waals surface area (Å²) in [6, 6.07) is 8.47. The van der Waals surface area contributed by atoms with Crippen molar-refractivity contribution in [3.8, 4) is 0 Å². The topological polar surface area (TPSA) is 37.8 Å². The van der Waals surface area contributed by atoms with Crippen LogP contribution in [0.1, 0.15) is 5.56 Å². The van der Waals surface area contributed by atoms with Gasteiger partial charge in [-0.2, -0.15) is 4.37 Å². The lowest BCUT2D eigenvalue weighted by atomic mass is 10.2. The molecule has 0 aliphatic carbocycles. The summed E-state index contributed by atoms with van der Waals surface area (Å²) in [5.41, 5.74) is 1.29. The first-order valence-electron chi connectivity index (χ1n) is 4.56. The number of nitrogens with one attached hydrogen (secondary N) is 1. The van der Waals surface area contributed by atoms with Crippen LogP contribution in [0.2, 0.25) is 0 Å². The van der Waals surface area contributed by atoms with E-state index in [4.69, 9.17) is 0 Å². The molecule has 0 radical (unpaired) electrons. The molecule has 0 unspecified atom stereocenters. The normalized spacial score (nSPS) is 10.5. The highest BCUT2D eigenvalue weighted by atomic mass is 32.2. The van der Waals surface area contributed by atoms with E-state index >= 15 is 0 Å². The molecule has 0 aliphatic rings. The van der Waals surface area contributed by atoms with Crippen LogP contribution in [0.25, 0.3) is 0 Å².